The predicted molar refractivity (Wildman–Crippen MR) is 85.1 cm³/mol. The van der Waals surface area contributed by atoms with Crippen molar-refractivity contribution >= 4 is 11.6 Å². The van der Waals surface area contributed by atoms with Gasteiger partial charge in [-0.2, -0.15) is 0 Å². The second-order valence-electron chi connectivity index (χ2n) is 6.09. The molecule has 0 spiro atoms. The molecule has 1 saturated carbocycles. The molecule has 1 unspecified atom stereocenters. The minimum atomic E-state index is -0.00586. The zero-order valence-corrected chi connectivity index (χ0v) is 12.8. The molecule has 0 aromatic heterocycles. The number of rotatable bonds is 8. The van der Waals surface area contributed by atoms with Crippen LogP contribution >= 0.6 is 0 Å². The normalized spacial score (nSPS) is 20.8. The number of hydrogen-bond donors (Lipinski definition) is 2. The van der Waals surface area contributed by atoms with Gasteiger partial charge >= 0.3 is 0 Å². The molecule has 1 amide bonds. The van der Waals surface area contributed by atoms with Crippen LogP contribution in [0, 0.1) is 5.92 Å². The van der Waals surface area contributed by atoms with E-state index in [0.717, 1.165) is 43.3 Å². The van der Waals surface area contributed by atoms with Crippen LogP contribution < -0.4 is 15.4 Å². The number of amides is 1. The number of hydrogen-bond acceptors (Lipinski definition) is 4. The zero-order chi connectivity index (χ0) is 15.2. The molecule has 1 aromatic rings. The second kappa shape index (κ2) is 7.61. The Bertz CT molecular complexity index is 479. The van der Waals surface area contributed by atoms with Crippen molar-refractivity contribution in [1.82, 2.24) is 5.32 Å². The van der Waals surface area contributed by atoms with Crippen LogP contribution in [0.1, 0.15) is 25.7 Å². The van der Waals surface area contributed by atoms with Crippen molar-refractivity contribution in [1.29, 1.82) is 0 Å². The molecule has 1 saturated heterocycles. The monoisotopic (exact) mass is 304 g/mol. The first-order chi connectivity index (χ1) is 10.8. The lowest BCUT2D eigenvalue weighted by Crippen LogP contribution is -2.29. The summed E-state index contributed by atoms with van der Waals surface area (Å²) in [5, 5.41) is 6.06. The van der Waals surface area contributed by atoms with Crippen LogP contribution in [-0.4, -0.2) is 38.3 Å². The van der Waals surface area contributed by atoms with E-state index in [1.807, 2.05) is 24.3 Å². The molecule has 3 rings (SSSR count). The third-order valence-electron chi connectivity index (χ3n) is 4.01. The van der Waals surface area contributed by atoms with Crippen LogP contribution in [0.15, 0.2) is 24.3 Å². The highest BCUT2D eigenvalue weighted by Gasteiger charge is 2.20. The molecule has 2 aliphatic rings. The van der Waals surface area contributed by atoms with Crippen molar-refractivity contribution < 1.29 is 14.3 Å². The van der Waals surface area contributed by atoms with Gasteiger partial charge in [-0.1, -0.05) is 0 Å². The Labute approximate surface area is 131 Å². The zero-order valence-electron chi connectivity index (χ0n) is 12.8. The van der Waals surface area contributed by atoms with Gasteiger partial charge in [-0.05, 0) is 62.4 Å². The first-order valence-corrected chi connectivity index (χ1v) is 8.14. The van der Waals surface area contributed by atoms with Crippen molar-refractivity contribution in [2.75, 3.05) is 31.6 Å². The smallest absolute Gasteiger partial charge is 0.238 e. The van der Waals surface area contributed by atoms with E-state index in [0.29, 0.717) is 13.2 Å². The van der Waals surface area contributed by atoms with Crippen molar-refractivity contribution in [3.8, 4) is 5.75 Å². The second-order valence-corrected chi connectivity index (χ2v) is 6.09. The molecule has 2 N–H and O–H groups in total. The Kier molecular flexibility index (Phi) is 5.29. The van der Waals surface area contributed by atoms with Crippen LogP contribution in [0.2, 0.25) is 0 Å². The topological polar surface area (TPSA) is 59.6 Å². The molecule has 1 aliphatic carbocycles. The van der Waals surface area contributed by atoms with Crippen LogP contribution in [-0.2, 0) is 9.53 Å². The van der Waals surface area contributed by atoms with E-state index in [2.05, 4.69) is 10.6 Å². The van der Waals surface area contributed by atoms with Gasteiger partial charge in [-0.25, -0.2) is 0 Å². The van der Waals surface area contributed by atoms with Crippen molar-refractivity contribution in [3.63, 3.8) is 0 Å². The lowest BCUT2D eigenvalue weighted by molar-refractivity contribution is -0.115. The SMILES string of the molecule is O=C(CNCC1CC1)Nc1ccc(OCC2CCCO2)cc1. The molecule has 120 valence electrons. The van der Waals surface area contributed by atoms with E-state index in [1.165, 1.54) is 12.8 Å². The van der Waals surface area contributed by atoms with Gasteiger partial charge in [0.2, 0.25) is 5.91 Å². The van der Waals surface area contributed by atoms with Crippen molar-refractivity contribution in [2.45, 2.75) is 31.8 Å². The fraction of sp³-hybridized carbons (Fsp3) is 0.588. The van der Waals surface area contributed by atoms with E-state index < -0.39 is 0 Å². The Morgan fingerprint density at radius 3 is 2.73 bits per heavy atom. The number of nitrogens with one attached hydrogen (secondary N) is 2. The fourth-order valence-corrected chi connectivity index (χ4v) is 2.52. The molecule has 1 aliphatic heterocycles. The van der Waals surface area contributed by atoms with Gasteiger partial charge in [-0.15, -0.1) is 0 Å². The largest absolute Gasteiger partial charge is 0.491 e. The van der Waals surface area contributed by atoms with Crippen LogP contribution in [0.3, 0.4) is 0 Å². The van der Waals surface area contributed by atoms with Crippen molar-refractivity contribution in [3.05, 3.63) is 24.3 Å². The van der Waals surface area contributed by atoms with Gasteiger partial charge in [0, 0.05) is 12.3 Å². The predicted octanol–water partition coefficient (Wildman–Crippen LogP) is 2.18. The van der Waals surface area contributed by atoms with Gasteiger partial charge in [0.25, 0.3) is 0 Å². The number of benzene rings is 1. The summed E-state index contributed by atoms with van der Waals surface area (Å²) < 4.78 is 11.2. The molecular weight excluding hydrogens is 280 g/mol. The van der Waals surface area contributed by atoms with Gasteiger partial charge in [0.1, 0.15) is 12.4 Å². The van der Waals surface area contributed by atoms with E-state index in [4.69, 9.17) is 9.47 Å². The summed E-state index contributed by atoms with van der Waals surface area (Å²) in [6.45, 7) is 2.75. The fourth-order valence-electron chi connectivity index (χ4n) is 2.52. The van der Waals surface area contributed by atoms with Gasteiger partial charge < -0.3 is 20.1 Å². The van der Waals surface area contributed by atoms with Gasteiger partial charge in [-0.3, -0.25) is 4.79 Å². The molecule has 2 fully saturated rings. The summed E-state index contributed by atoms with van der Waals surface area (Å²) in [7, 11) is 0. The first kappa shape index (κ1) is 15.3. The molecule has 22 heavy (non-hydrogen) atoms. The number of carbonyl (C=O) groups is 1. The van der Waals surface area contributed by atoms with E-state index >= 15 is 0 Å². The molecular formula is C17H24N2O3. The van der Waals surface area contributed by atoms with E-state index in [1.54, 1.807) is 0 Å². The molecule has 0 bridgehead atoms. The summed E-state index contributed by atoms with van der Waals surface area (Å²) in [6, 6.07) is 7.48. The molecule has 1 heterocycles. The maximum Gasteiger partial charge on any atom is 0.238 e. The number of carbonyl (C=O) groups excluding carboxylic acids is 1. The molecule has 5 heteroatoms. The van der Waals surface area contributed by atoms with E-state index in [-0.39, 0.29) is 12.0 Å². The Balaban J connectivity index is 1.37. The molecule has 1 aromatic carbocycles. The van der Waals surface area contributed by atoms with Crippen LogP contribution in [0.25, 0.3) is 0 Å². The lowest BCUT2D eigenvalue weighted by Gasteiger charge is -2.12. The highest BCUT2D eigenvalue weighted by molar-refractivity contribution is 5.92. The minimum Gasteiger partial charge on any atom is -0.491 e. The third-order valence-corrected chi connectivity index (χ3v) is 4.01. The number of ether oxygens (including phenoxy) is 2. The Hall–Kier alpha value is -1.59. The average molecular weight is 304 g/mol. The third kappa shape index (κ3) is 5.00. The quantitative estimate of drug-likeness (QED) is 0.773. The van der Waals surface area contributed by atoms with Crippen LogP contribution in [0.4, 0.5) is 5.69 Å². The summed E-state index contributed by atoms with van der Waals surface area (Å²) in [5.74, 6) is 1.59. The molecule has 5 nitrogen and oxygen atoms in total. The first-order valence-electron chi connectivity index (χ1n) is 8.14. The maximum absolute atomic E-state index is 11.8. The summed E-state index contributed by atoms with van der Waals surface area (Å²) in [5.41, 5.74) is 0.794. The standard InChI is InChI=1S/C17H24N2O3/c20-17(11-18-10-13-3-4-13)19-14-5-7-15(8-6-14)22-12-16-2-1-9-21-16/h5-8,13,16,18H,1-4,9-12H2,(H,19,20). The summed E-state index contributed by atoms with van der Waals surface area (Å²) >= 11 is 0. The minimum absolute atomic E-state index is 0.00586. The summed E-state index contributed by atoms with van der Waals surface area (Å²) in [6.07, 6.45) is 5.00. The Morgan fingerprint density at radius 1 is 1.23 bits per heavy atom. The average Bonchev–Trinajstić information content (AvgIpc) is 3.20. The van der Waals surface area contributed by atoms with E-state index in [9.17, 15) is 4.79 Å². The maximum atomic E-state index is 11.8. The molecule has 0 radical (unpaired) electrons. The van der Waals surface area contributed by atoms with Gasteiger partial charge in [0.05, 0.1) is 12.6 Å². The van der Waals surface area contributed by atoms with Gasteiger partial charge in [0.15, 0.2) is 0 Å². The summed E-state index contributed by atoms with van der Waals surface area (Å²) in [4.78, 5) is 11.8. The molecule has 1 atom stereocenters. The highest BCUT2D eigenvalue weighted by atomic mass is 16.5. The van der Waals surface area contributed by atoms with Crippen molar-refractivity contribution in [2.24, 2.45) is 5.92 Å². The lowest BCUT2D eigenvalue weighted by atomic mass is 10.2. The number of anilines is 1. The van der Waals surface area contributed by atoms with Crippen LogP contribution in [0.5, 0.6) is 5.75 Å². The Morgan fingerprint density at radius 2 is 2.05 bits per heavy atom. The highest BCUT2D eigenvalue weighted by Crippen LogP contribution is 2.27.